The van der Waals surface area contributed by atoms with E-state index < -0.39 is 12.6 Å². The topological polar surface area (TPSA) is 98.6 Å². The number of nitro benzene ring substituents is 1. The molecule has 3 N–H and O–H groups in total. The summed E-state index contributed by atoms with van der Waals surface area (Å²) in [5.41, 5.74) is 5.77. The third-order valence-electron chi connectivity index (χ3n) is 2.14. The van der Waals surface area contributed by atoms with Crippen LogP contribution in [0.1, 0.15) is 6.92 Å². The molecule has 0 aliphatic carbocycles. The van der Waals surface area contributed by atoms with Gasteiger partial charge in [0.15, 0.2) is 0 Å². The van der Waals surface area contributed by atoms with Gasteiger partial charge in [0.05, 0.1) is 0 Å². The van der Waals surface area contributed by atoms with Crippen LogP contribution in [0, 0.1) is 10.1 Å². The maximum absolute atomic E-state index is 10.8. The Labute approximate surface area is 93.7 Å². The summed E-state index contributed by atoms with van der Waals surface area (Å²) in [5.74, 6) is 0. The summed E-state index contributed by atoms with van der Waals surface area (Å²) in [7, 11) is -3.24. The van der Waals surface area contributed by atoms with Gasteiger partial charge in [0.1, 0.15) is 0 Å². The van der Waals surface area contributed by atoms with Crippen molar-refractivity contribution in [2.45, 2.75) is 6.92 Å². The summed E-state index contributed by atoms with van der Waals surface area (Å²) in [6.45, 7) is 3.50. The van der Waals surface area contributed by atoms with Gasteiger partial charge in [0.25, 0.3) is 0 Å². The van der Waals surface area contributed by atoms with Gasteiger partial charge in [-0.3, -0.25) is 0 Å². The maximum atomic E-state index is 10.8. The van der Waals surface area contributed by atoms with E-state index in [1.54, 1.807) is 6.92 Å². The van der Waals surface area contributed by atoms with E-state index in [0.717, 1.165) is 0 Å². The average molecular weight is 246 g/mol. The molecular weight excluding hydrogens is 231 g/mol. The summed E-state index contributed by atoms with van der Waals surface area (Å²) in [5, 5.41) is 11.0. The zero-order valence-corrected chi connectivity index (χ0v) is 10.1. The second-order valence-corrected chi connectivity index (χ2v) is 6.24. The number of nitrogens with zero attached hydrogens (tertiary/aromatic N) is 1. The van der Waals surface area contributed by atoms with Crippen LogP contribution >= 0.6 is 7.72 Å². The second kappa shape index (κ2) is 4.74. The van der Waals surface area contributed by atoms with Gasteiger partial charge in [0.2, 0.25) is 0 Å². The van der Waals surface area contributed by atoms with Gasteiger partial charge in [-0.25, -0.2) is 0 Å². The Bertz CT molecular complexity index is 408. The van der Waals surface area contributed by atoms with E-state index in [1.807, 2.05) is 0 Å². The summed E-state index contributed by atoms with van der Waals surface area (Å²) < 4.78 is 5.20. The van der Waals surface area contributed by atoms with Crippen molar-refractivity contribution in [1.82, 2.24) is 0 Å². The zero-order chi connectivity index (χ0) is 12.3. The Morgan fingerprint density at radius 2 is 2.25 bits per heavy atom. The van der Waals surface area contributed by atoms with Crippen LogP contribution in [0.25, 0.3) is 0 Å². The summed E-state index contributed by atoms with van der Waals surface area (Å²) in [4.78, 5) is 20.4. The van der Waals surface area contributed by atoms with Crippen LogP contribution in [-0.4, -0.2) is 23.1 Å². The van der Waals surface area contributed by atoms with Crippen molar-refractivity contribution < 1.29 is 14.3 Å². The number of benzene rings is 1. The molecule has 0 aliphatic rings. The predicted octanol–water partition coefficient (Wildman–Crippen LogP) is 1.04. The minimum absolute atomic E-state index is 0.153. The molecule has 0 saturated carbocycles. The number of hydrogen-bond donors (Lipinski definition) is 2. The van der Waals surface area contributed by atoms with E-state index in [9.17, 15) is 15.0 Å². The third kappa shape index (κ3) is 2.66. The van der Waals surface area contributed by atoms with E-state index in [4.69, 9.17) is 10.3 Å². The molecule has 0 aromatic heterocycles. The summed E-state index contributed by atoms with van der Waals surface area (Å²) >= 11 is 0. The molecule has 1 aromatic rings. The molecule has 6 nitrogen and oxygen atoms in total. The predicted molar refractivity (Wildman–Crippen MR) is 65.2 cm³/mol. The molecule has 0 heterocycles. The van der Waals surface area contributed by atoms with Gasteiger partial charge < -0.3 is 0 Å². The van der Waals surface area contributed by atoms with Gasteiger partial charge in [-0.1, -0.05) is 0 Å². The van der Waals surface area contributed by atoms with E-state index in [1.165, 1.54) is 24.9 Å². The van der Waals surface area contributed by atoms with Crippen LogP contribution in [0.15, 0.2) is 18.2 Å². The van der Waals surface area contributed by atoms with Crippen molar-refractivity contribution in [1.29, 1.82) is 0 Å². The SMILES string of the molecule is CCO[PH](C)(O)c1cc(N)ccc1[N+](=O)[O-]. The number of anilines is 1. The molecule has 0 fully saturated rings. The first-order chi connectivity index (χ1) is 7.38. The fourth-order valence-electron chi connectivity index (χ4n) is 1.44. The Kier molecular flexibility index (Phi) is 3.80. The van der Waals surface area contributed by atoms with Crippen molar-refractivity contribution in [3.05, 3.63) is 28.3 Å². The normalized spacial score (nSPS) is 12.4. The Morgan fingerprint density at radius 3 is 2.75 bits per heavy atom. The first-order valence-electron chi connectivity index (χ1n) is 4.79. The van der Waals surface area contributed by atoms with E-state index in [0.29, 0.717) is 12.3 Å². The van der Waals surface area contributed by atoms with Gasteiger partial charge in [0, 0.05) is 0 Å². The number of nitrogens with two attached hydrogens (primary N) is 1. The van der Waals surface area contributed by atoms with E-state index in [2.05, 4.69) is 0 Å². The van der Waals surface area contributed by atoms with Crippen LogP contribution in [-0.2, 0) is 4.52 Å². The quantitative estimate of drug-likeness (QED) is 0.358. The molecular formula is C9H15N2O4P. The standard InChI is InChI=1S/C9H15N2O4P/c1-3-15-16(2,14)9-6-7(10)4-5-8(9)11(12)13/h4-6,14,16H,3,10H2,1-2H3. The Hall–Kier alpha value is -1.23. The Morgan fingerprint density at radius 1 is 1.62 bits per heavy atom. The van der Waals surface area contributed by atoms with Crippen molar-refractivity contribution >= 4 is 24.4 Å². The molecule has 1 aromatic carbocycles. The molecule has 0 radical (unpaired) electrons. The summed E-state index contributed by atoms with van der Waals surface area (Å²) in [6.07, 6.45) is 0. The molecule has 1 rings (SSSR count). The molecule has 0 unspecified atom stereocenters. The monoisotopic (exact) mass is 246 g/mol. The van der Waals surface area contributed by atoms with Gasteiger partial charge in [-0.15, -0.1) is 0 Å². The second-order valence-electron chi connectivity index (χ2n) is 3.45. The molecule has 7 heteroatoms. The van der Waals surface area contributed by atoms with Crippen LogP contribution in [0.2, 0.25) is 0 Å². The minimum atomic E-state index is -3.24. The van der Waals surface area contributed by atoms with Crippen LogP contribution in [0.5, 0.6) is 0 Å². The number of nitro groups is 1. The van der Waals surface area contributed by atoms with E-state index >= 15 is 0 Å². The first-order valence-corrected chi connectivity index (χ1v) is 7.14. The number of rotatable bonds is 4. The molecule has 0 saturated heterocycles. The number of hydrogen-bond acceptors (Lipinski definition) is 5. The molecule has 0 aliphatic heterocycles. The van der Waals surface area contributed by atoms with E-state index in [-0.39, 0.29) is 11.0 Å². The van der Waals surface area contributed by atoms with Crippen LogP contribution in [0.3, 0.4) is 0 Å². The Balaban J connectivity index is 3.29. The average Bonchev–Trinajstić information content (AvgIpc) is 2.17. The molecule has 0 spiro atoms. The molecule has 0 amide bonds. The molecule has 90 valence electrons. The van der Waals surface area contributed by atoms with Crippen molar-refractivity contribution in [2.75, 3.05) is 19.0 Å². The van der Waals surface area contributed by atoms with Gasteiger partial charge in [-0.05, 0) is 0 Å². The summed E-state index contributed by atoms with van der Waals surface area (Å²) in [6, 6.07) is 4.11. The molecule has 0 atom stereocenters. The van der Waals surface area contributed by atoms with Crippen LogP contribution in [0.4, 0.5) is 11.4 Å². The number of nitrogen functional groups attached to an aromatic ring is 1. The molecule has 0 bridgehead atoms. The van der Waals surface area contributed by atoms with Gasteiger partial charge in [-0.2, -0.15) is 0 Å². The first kappa shape index (κ1) is 12.8. The van der Waals surface area contributed by atoms with Crippen LogP contribution < -0.4 is 11.0 Å². The third-order valence-corrected chi connectivity index (χ3v) is 4.39. The van der Waals surface area contributed by atoms with Gasteiger partial charge >= 0.3 is 93.0 Å². The fraction of sp³-hybridized carbons (Fsp3) is 0.333. The molecule has 16 heavy (non-hydrogen) atoms. The fourth-order valence-corrected chi connectivity index (χ4v) is 3.25. The zero-order valence-electron chi connectivity index (χ0n) is 9.14. The van der Waals surface area contributed by atoms with Crippen molar-refractivity contribution in [3.8, 4) is 0 Å². The van der Waals surface area contributed by atoms with Crippen molar-refractivity contribution in [3.63, 3.8) is 0 Å². The van der Waals surface area contributed by atoms with Crippen molar-refractivity contribution in [2.24, 2.45) is 0 Å².